The summed E-state index contributed by atoms with van der Waals surface area (Å²) in [4.78, 5) is 6.88. The van der Waals surface area contributed by atoms with E-state index in [2.05, 4.69) is 34.1 Å². The zero-order valence-corrected chi connectivity index (χ0v) is 10.8. The third-order valence-corrected chi connectivity index (χ3v) is 4.05. The highest BCUT2D eigenvalue weighted by molar-refractivity contribution is 7.13. The maximum Gasteiger partial charge on any atom is 0.123 e. The largest absolute Gasteiger partial charge is 0.372 e. The quantitative estimate of drug-likeness (QED) is 0.801. The molecule has 2 nitrogen and oxygen atoms in total. The Hall–Kier alpha value is -1.35. The van der Waals surface area contributed by atoms with E-state index >= 15 is 0 Å². The normalized spacial score (nSPS) is 16.3. The van der Waals surface area contributed by atoms with Crippen LogP contribution in [0.4, 0.5) is 5.69 Å². The lowest BCUT2D eigenvalue weighted by Crippen LogP contribution is -2.17. The highest BCUT2D eigenvalue weighted by Gasteiger charge is 2.13. The van der Waals surface area contributed by atoms with Crippen LogP contribution in [0.15, 0.2) is 29.6 Å². The van der Waals surface area contributed by atoms with Crippen molar-refractivity contribution in [1.82, 2.24) is 4.98 Å². The van der Waals surface area contributed by atoms with Crippen molar-refractivity contribution in [2.24, 2.45) is 0 Å². The molecule has 0 N–H and O–H groups in total. The molecule has 0 aliphatic carbocycles. The predicted molar refractivity (Wildman–Crippen MR) is 73.7 cm³/mol. The van der Waals surface area contributed by atoms with E-state index < -0.39 is 0 Å². The molecule has 0 amide bonds. The fourth-order valence-corrected chi connectivity index (χ4v) is 2.97. The van der Waals surface area contributed by atoms with E-state index in [4.69, 9.17) is 1.37 Å². The van der Waals surface area contributed by atoms with Gasteiger partial charge in [0.2, 0.25) is 0 Å². The summed E-state index contributed by atoms with van der Waals surface area (Å²) < 4.78 is 7.76. The average Bonchev–Trinajstić information content (AvgIpc) is 3.01. The van der Waals surface area contributed by atoms with Gasteiger partial charge in [0.25, 0.3) is 0 Å². The van der Waals surface area contributed by atoms with Crippen molar-refractivity contribution in [2.75, 3.05) is 18.0 Å². The number of aromatic nitrogens is 1. The number of anilines is 1. The van der Waals surface area contributed by atoms with Crippen molar-refractivity contribution >= 4 is 17.0 Å². The first-order valence-electron chi connectivity index (χ1n) is 6.53. The molecule has 0 atom stereocenters. The summed E-state index contributed by atoms with van der Waals surface area (Å²) in [6, 6.07) is 8.53. The van der Waals surface area contributed by atoms with E-state index in [1.54, 1.807) is 0 Å². The number of nitrogens with zero attached hydrogens (tertiary/aromatic N) is 2. The minimum atomic E-state index is 0.566. The molecule has 1 aliphatic rings. The first-order chi connectivity index (χ1) is 8.74. The van der Waals surface area contributed by atoms with Gasteiger partial charge in [-0.15, -0.1) is 11.3 Å². The molecule has 1 fully saturated rings. The summed E-state index contributed by atoms with van der Waals surface area (Å²) in [5, 5.41) is 1.52. The summed E-state index contributed by atoms with van der Waals surface area (Å²) in [6.07, 6.45) is 2.58. The van der Waals surface area contributed by atoms with E-state index in [0.29, 0.717) is 5.36 Å². The zero-order chi connectivity index (χ0) is 12.5. The van der Waals surface area contributed by atoms with Crippen LogP contribution in [0, 0.1) is 6.92 Å². The lowest BCUT2D eigenvalue weighted by molar-refractivity contribution is 0.949. The van der Waals surface area contributed by atoms with Gasteiger partial charge in [-0.2, -0.15) is 0 Å². The molecule has 2 aromatic rings. The molecule has 17 heavy (non-hydrogen) atoms. The summed E-state index contributed by atoms with van der Waals surface area (Å²) in [7, 11) is 0. The van der Waals surface area contributed by atoms with Crippen LogP contribution >= 0.6 is 11.3 Å². The average molecular weight is 245 g/mol. The predicted octanol–water partition coefficient (Wildman–Crippen LogP) is 3.72. The van der Waals surface area contributed by atoms with Gasteiger partial charge < -0.3 is 4.90 Å². The topological polar surface area (TPSA) is 16.1 Å². The van der Waals surface area contributed by atoms with Gasteiger partial charge in [-0.3, -0.25) is 0 Å². The number of benzene rings is 1. The molecule has 0 unspecified atom stereocenters. The summed E-state index contributed by atoms with van der Waals surface area (Å²) >= 11 is 1.46. The van der Waals surface area contributed by atoms with Crippen molar-refractivity contribution in [1.29, 1.82) is 0 Å². The highest BCUT2D eigenvalue weighted by atomic mass is 32.1. The highest BCUT2D eigenvalue weighted by Crippen LogP contribution is 2.28. The smallest absolute Gasteiger partial charge is 0.123 e. The van der Waals surface area contributed by atoms with Crippen LogP contribution in [-0.2, 0) is 0 Å². The molecule has 2 heterocycles. The molecular formula is C14H16N2S. The van der Waals surface area contributed by atoms with Crippen molar-refractivity contribution in [3.63, 3.8) is 0 Å². The second-order valence-electron chi connectivity index (χ2n) is 4.45. The molecule has 1 aliphatic heterocycles. The minimum Gasteiger partial charge on any atom is -0.372 e. The van der Waals surface area contributed by atoms with E-state index in [9.17, 15) is 0 Å². The summed E-state index contributed by atoms with van der Waals surface area (Å²) in [5.74, 6) is 0. The Bertz CT molecular complexity index is 539. The second-order valence-corrected chi connectivity index (χ2v) is 5.25. The Kier molecular flexibility index (Phi) is 2.55. The Labute approximate surface area is 107 Å². The molecule has 3 heteroatoms. The van der Waals surface area contributed by atoms with Crippen molar-refractivity contribution in [3.05, 3.63) is 35.3 Å². The molecule has 1 saturated heterocycles. The van der Waals surface area contributed by atoms with Crippen LogP contribution in [-0.4, -0.2) is 18.1 Å². The molecule has 88 valence electrons. The van der Waals surface area contributed by atoms with Gasteiger partial charge >= 0.3 is 0 Å². The Morgan fingerprint density at radius 3 is 2.88 bits per heavy atom. The van der Waals surface area contributed by atoms with Crippen LogP contribution in [0.1, 0.15) is 19.9 Å². The van der Waals surface area contributed by atoms with E-state index in [0.717, 1.165) is 29.4 Å². The van der Waals surface area contributed by atoms with Crippen LogP contribution in [0.2, 0.25) is 0 Å². The number of aryl methyl sites for hydroxylation is 1. The van der Waals surface area contributed by atoms with E-state index in [1.165, 1.54) is 29.9 Å². The first-order valence-corrected chi connectivity index (χ1v) is 6.85. The molecule has 0 radical (unpaired) electrons. The Balaban J connectivity index is 1.95. The van der Waals surface area contributed by atoms with Crippen molar-refractivity contribution < 1.29 is 1.37 Å². The molecule has 0 spiro atoms. The third kappa shape index (κ3) is 2.20. The van der Waals surface area contributed by atoms with Gasteiger partial charge in [0, 0.05) is 35.4 Å². The molecule has 0 saturated carbocycles. The number of hydrogen-bond donors (Lipinski definition) is 0. The van der Waals surface area contributed by atoms with Crippen LogP contribution in [0.3, 0.4) is 0 Å². The third-order valence-electron chi connectivity index (χ3n) is 3.13. The maximum atomic E-state index is 7.76. The van der Waals surface area contributed by atoms with Gasteiger partial charge in [0.1, 0.15) is 5.01 Å². The van der Waals surface area contributed by atoms with E-state index in [1.807, 2.05) is 6.92 Å². The number of rotatable bonds is 2. The first kappa shape index (κ1) is 9.66. The fraction of sp³-hybridized carbons (Fsp3) is 0.357. The summed E-state index contributed by atoms with van der Waals surface area (Å²) in [5.41, 5.74) is 3.23. The maximum absolute atomic E-state index is 7.76. The van der Waals surface area contributed by atoms with Gasteiger partial charge in [-0.05, 0) is 31.9 Å². The fourth-order valence-electron chi connectivity index (χ4n) is 2.25. The van der Waals surface area contributed by atoms with Crippen LogP contribution < -0.4 is 4.90 Å². The van der Waals surface area contributed by atoms with Gasteiger partial charge in [-0.1, -0.05) is 12.1 Å². The Morgan fingerprint density at radius 1 is 1.35 bits per heavy atom. The second kappa shape index (κ2) is 4.49. The van der Waals surface area contributed by atoms with Crippen LogP contribution in [0.5, 0.6) is 0 Å². The molecule has 0 bridgehead atoms. The summed E-state index contributed by atoms with van der Waals surface area (Å²) in [6.45, 7) is 4.21. The van der Waals surface area contributed by atoms with Crippen LogP contribution in [0.25, 0.3) is 10.6 Å². The van der Waals surface area contributed by atoms with E-state index in [-0.39, 0.29) is 0 Å². The van der Waals surface area contributed by atoms with Gasteiger partial charge in [-0.25, -0.2) is 4.98 Å². The lowest BCUT2D eigenvalue weighted by atomic mass is 10.2. The molecule has 1 aromatic heterocycles. The van der Waals surface area contributed by atoms with Gasteiger partial charge in [0.05, 0.1) is 1.37 Å². The zero-order valence-electron chi connectivity index (χ0n) is 10.9. The minimum absolute atomic E-state index is 0.566. The number of thiazole rings is 1. The van der Waals surface area contributed by atoms with Crippen molar-refractivity contribution in [2.45, 2.75) is 19.8 Å². The molecule has 3 rings (SSSR count). The molecule has 1 aromatic carbocycles. The van der Waals surface area contributed by atoms with Crippen molar-refractivity contribution in [3.8, 4) is 10.6 Å². The number of hydrogen-bond acceptors (Lipinski definition) is 3. The Morgan fingerprint density at radius 2 is 2.18 bits per heavy atom. The SMILES string of the molecule is [2H]c1sc(-c2cccc(N3CCCC3)c2)nc1C. The lowest BCUT2D eigenvalue weighted by Gasteiger charge is -2.17. The van der Waals surface area contributed by atoms with Gasteiger partial charge in [0.15, 0.2) is 0 Å². The standard InChI is InChI=1S/C14H16N2S/c1-11-10-17-14(15-11)12-5-4-6-13(9-12)16-7-2-3-8-16/h4-6,9-10H,2-3,7-8H2,1H3/i10D. The monoisotopic (exact) mass is 245 g/mol. The molecular weight excluding hydrogens is 228 g/mol.